The lowest BCUT2D eigenvalue weighted by molar-refractivity contribution is 0.0594. The van der Waals surface area contributed by atoms with Gasteiger partial charge in [0.15, 0.2) is 5.69 Å². The molecule has 0 radical (unpaired) electrons. The summed E-state index contributed by atoms with van der Waals surface area (Å²) < 4.78 is 9.77. The van der Waals surface area contributed by atoms with Gasteiger partial charge in [0.1, 0.15) is 5.01 Å². The molecule has 0 unspecified atom stereocenters. The van der Waals surface area contributed by atoms with Crippen molar-refractivity contribution in [2.75, 3.05) is 32.7 Å². The topological polar surface area (TPSA) is 80.8 Å². The minimum absolute atomic E-state index is 0.244. The summed E-state index contributed by atoms with van der Waals surface area (Å²) in [7, 11) is 2.89. The van der Waals surface area contributed by atoms with Crippen LogP contribution in [0.4, 0.5) is 10.5 Å². The largest absolute Gasteiger partial charge is 0.464 e. The predicted molar refractivity (Wildman–Crippen MR) is 105 cm³/mol. The van der Waals surface area contributed by atoms with E-state index in [9.17, 15) is 9.59 Å². The second kappa shape index (κ2) is 10.0. The third kappa shape index (κ3) is 6.04. The summed E-state index contributed by atoms with van der Waals surface area (Å²) in [4.78, 5) is 30.1. The molecule has 1 aromatic carbocycles. The Morgan fingerprint density at radius 3 is 2.52 bits per heavy atom. The molecule has 0 spiro atoms. The van der Waals surface area contributed by atoms with Gasteiger partial charge < -0.3 is 19.7 Å². The number of carbonyl (C=O) groups is 2. The number of methoxy groups -OCH3 is 2. The molecule has 0 aliphatic rings. The van der Waals surface area contributed by atoms with Crippen molar-refractivity contribution in [2.24, 2.45) is 0 Å². The van der Waals surface area contributed by atoms with Crippen LogP contribution in [0, 0.1) is 0 Å². The van der Waals surface area contributed by atoms with Gasteiger partial charge in [0, 0.05) is 24.7 Å². The standard InChI is InChI=1S/C19H25N3O4S/c1-13(2)14-5-7-15(8-6-14)20-19(24)22(9-10-25-3)11-17-21-16(12-27-17)18(23)26-4/h5-8,12-13H,9-11H2,1-4H3,(H,20,24). The lowest BCUT2D eigenvalue weighted by Gasteiger charge is -2.22. The summed E-state index contributed by atoms with van der Waals surface area (Å²) in [5.74, 6) is -0.0579. The minimum Gasteiger partial charge on any atom is -0.464 e. The van der Waals surface area contributed by atoms with Crippen LogP contribution in [0.3, 0.4) is 0 Å². The summed E-state index contributed by atoms with van der Waals surface area (Å²) in [5.41, 5.74) is 2.18. The SMILES string of the molecule is COCCN(Cc1nc(C(=O)OC)cs1)C(=O)Nc1ccc(C(C)C)cc1. The van der Waals surface area contributed by atoms with Crippen LogP contribution in [0.15, 0.2) is 29.6 Å². The summed E-state index contributed by atoms with van der Waals surface area (Å²) in [6, 6.07) is 7.53. The molecule has 1 aromatic heterocycles. The minimum atomic E-state index is -0.490. The van der Waals surface area contributed by atoms with E-state index in [1.54, 1.807) is 17.4 Å². The van der Waals surface area contributed by atoms with Crippen LogP contribution < -0.4 is 5.32 Å². The molecule has 0 atom stereocenters. The monoisotopic (exact) mass is 391 g/mol. The van der Waals surface area contributed by atoms with E-state index in [0.29, 0.717) is 24.1 Å². The Labute approximate surface area is 163 Å². The number of hydrogen-bond acceptors (Lipinski definition) is 6. The van der Waals surface area contributed by atoms with Crippen LogP contribution in [0.25, 0.3) is 0 Å². The van der Waals surface area contributed by atoms with Gasteiger partial charge in [-0.1, -0.05) is 26.0 Å². The summed E-state index contributed by atoms with van der Waals surface area (Å²) >= 11 is 1.31. The summed E-state index contributed by atoms with van der Waals surface area (Å²) in [5, 5.41) is 5.17. The fourth-order valence-corrected chi connectivity index (χ4v) is 3.13. The first-order valence-electron chi connectivity index (χ1n) is 8.62. The molecule has 27 heavy (non-hydrogen) atoms. The first-order chi connectivity index (χ1) is 12.9. The van der Waals surface area contributed by atoms with Crippen molar-refractivity contribution in [1.29, 1.82) is 0 Å². The molecule has 2 rings (SSSR count). The molecule has 0 fully saturated rings. The third-order valence-electron chi connectivity index (χ3n) is 3.95. The average molecular weight is 391 g/mol. The van der Waals surface area contributed by atoms with Crippen molar-refractivity contribution >= 4 is 29.0 Å². The number of benzene rings is 1. The molecule has 0 bridgehead atoms. The van der Waals surface area contributed by atoms with Crippen LogP contribution in [0.2, 0.25) is 0 Å². The predicted octanol–water partition coefficient (Wildman–Crippen LogP) is 3.73. The van der Waals surface area contributed by atoms with Crippen LogP contribution in [-0.2, 0) is 16.0 Å². The number of aromatic nitrogens is 1. The molecule has 0 aliphatic carbocycles. The smallest absolute Gasteiger partial charge is 0.357 e. The maximum absolute atomic E-state index is 12.7. The molecule has 1 heterocycles. The van der Waals surface area contributed by atoms with E-state index in [0.717, 1.165) is 5.69 Å². The Kier molecular flexibility index (Phi) is 7.75. The van der Waals surface area contributed by atoms with Crippen molar-refractivity contribution in [3.63, 3.8) is 0 Å². The van der Waals surface area contributed by atoms with Gasteiger partial charge in [0.2, 0.25) is 0 Å². The number of anilines is 1. The van der Waals surface area contributed by atoms with Gasteiger partial charge >= 0.3 is 12.0 Å². The number of nitrogens with one attached hydrogen (secondary N) is 1. The summed E-state index contributed by atoms with van der Waals surface area (Å²) in [6.45, 7) is 5.32. The zero-order valence-electron chi connectivity index (χ0n) is 16.0. The van der Waals surface area contributed by atoms with Gasteiger partial charge in [0.25, 0.3) is 0 Å². The maximum Gasteiger partial charge on any atom is 0.357 e. The Bertz CT molecular complexity index is 759. The van der Waals surface area contributed by atoms with Gasteiger partial charge in [-0.3, -0.25) is 0 Å². The number of hydrogen-bond donors (Lipinski definition) is 1. The molecule has 146 valence electrons. The van der Waals surface area contributed by atoms with E-state index in [2.05, 4.69) is 28.9 Å². The number of nitrogens with zero attached hydrogens (tertiary/aromatic N) is 2. The average Bonchev–Trinajstić information content (AvgIpc) is 3.13. The Hall–Kier alpha value is -2.45. The fraction of sp³-hybridized carbons (Fsp3) is 0.421. The maximum atomic E-state index is 12.7. The Morgan fingerprint density at radius 1 is 1.22 bits per heavy atom. The Balaban J connectivity index is 2.06. The number of ether oxygens (including phenoxy) is 2. The highest BCUT2D eigenvalue weighted by atomic mass is 32.1. The van der Waals surface area contributed by atoms with Gasteiger partial charge in [-0.15, -0.1) is 11.3 Å². The van der Waals surface area contributed by atoms with Crippen LogP contribution in [0.5, 0.6) is 0 Å². The molecular weight excluding hydrogens is 366 g/mol. The van der Waals surface area contributed by atoms with Crippen LogP contribution in [0.1, 0.15) is 40.8 Å². The molecule has 1 N–H and O–H groups in total. The highest BCUT2D eigenvalue weighted by Crippen LogP contribution is 2.18. The van der Waals surface area contributed by atoms with E-state index in [4.69, 9.17) is 4.74 Å². The molecule has 0 aliphatic heterocycles. The molecule has 0 saturated carbocycles. The zero-order valence-corrected chi connectivity index (χ0v) is 16.8. The molecule has 2 aromatic rings. The van der Waals surface area contributed by atoms with Crippen molar-refractivity contribution in [3.8, 4) is 0 Å². The molecule has 2 amide bonds. The number of thiazole rings is 1. The highest BCUT2D eigenvalue weighted by Gasteiger charge is 2.18. The van der Waals surface area contributed by atoms with E-state index in [1.807, 2.05) is 24.3 Å². The van der Waals surface area contributed by atoms with E-state index < -0.39 is 5.97 Å². The third-order valence-corrected chi connectivity index (χ3v) is 4.79. The first kappa shape index (κ1) is 20.9. The molecule has 0 saturated heterocycles. The van der Waals surface area contributed by atoms with Gasteiger partial charge in [-0.25, -0.2) is 14.6 Å². The quantitative estimate of drug-likeness (QED) is 0.694. The lowest BCUT2D eigenvalue weighted by Crippen LogP contribution is -2.36. The number of esters is 1. The normalized spacial score (nSPS) is 10.7. The first-order valence-corrected chi connectivity index (χ1v) is 9.50. The van der Waals surface area contributed by atoms with Crippen molar-refractivity contribution in [2.45, 2.75) is 26.3 Å². The number of amides is 2. The number of urea groups is 1. The van der Waals surface area contributed by atoms with E-state index in [1.165, 1.54) is 24.0 Å². The fourth-order valence-electron chi connectivity index (χ4n) is 2.35. The second-order valence-corrected chi connectivity index (χ2v) is 7.18. The number of carbonyl (C=O) groups excluding carboxylic acids is 2. The highest BCUT2D eigenvalue weighted by molar-refractivity contribution is 7.09. The molecule has 7 nitrogen and oxygen atoms in total. The zero-order chi connectivity index (χ0) is 19.8. The van der Waals surface area contributed by atoms with Gasteiger partial charge in [0.05, 0.1) is 20.3 Å². The van der Waals surface area contributed by atoms with Crippen molar-refractivity contribution in [3.05, 3.63) is 45.9 Å². The van der Waals surface area contributed by atoms with Crippen molar-refractivity contribution < 1.29 is 19.1 Å². The summed E-state index contributed by atoms with van der Waals surface area (Å²) in [6.07, 6.45) is 0. The van der Waals surface area contributed by atoms with Crippen LogP contribution >= 0.6 is 11.3 Å². The lowest BCUT2D eigenvalue weighted by atomic mass is 10.0. The molecular formula is C19H25N3O4S. The van der Waals surface area contributed by atoms with Gasteiger partial charge in [-0.2, -0.15) is 0 Å². The van der Waals surface area contributed by atoms with Crippen molar-refractivity contribution in [1.82, 2.24) is 9.88 Å². The Morgan fingerprint density at radius 2 is 1.93 bits per heavy atom. The van der Waals surface area contributed by atoms with E-state index >= 15 is 0 Å². The van der Waals surface area contributed by atoms with Crippen LogP contribution in [-0.4, -0.2) is 49.3 Å². The van der Waals surface area contributed by atoms with E-state index in [-0.39, 0.29) is 18.3 Å². The molecule has 8 heteroatoms. The second-order valence-electron chi connectivity index (χ2n) is 6.24. The number of rotatable bonds is 8. The van der Waals surface area contributed by atoms with Gasteiger partial charge in [-0.05, 0) is 23.6 Å².